The van der Waals surface area contributed by atoms with Gasteiger partial charge >= 0.3 is 5.97 Å². The molecule has 0 aliphatic heterocycles. The Hall–Kier alpha value is -1.64. The van der Waals surface area contributed by atoms with E-state index in [1.54, 1.807) is 39.0 Å². The normalized spacial score (nSPS) is 12.0. The summed E-state index contributed by atoms with van der Waals surface area (Å²) >= 11 is 0. The van der Waals surface area contributed by atoms with E-state index in [9.17, 15) is 9.18 Å². The van der Waals surface area contributed by atoms with E-state index in [0.717, 1.165) is 0 Å². The summed E-state index contributed by atoms with van der Waals surface area (Å²) in [6, 6.07) is 6.37. The first-order valence-electron chi connectivity index (χ1n) is 5.17. The number of hydrogen-bond donors (Lipinski definition) is 0. The first-order valence-corrected chi connectivity index (χ1v) is 5.17. The second kappa shape index (κ2) is 5.45. The number of esters is 1. The van der Waals surface area contributed by atoms with Crippen molar-refractivity contribution in [2.24, 2.45) is 0 Å². The van der Waals surface area contributed by atoms with Gasteiger partial charge in [0.25, 0.3) is 0 Å². The quantitative estimate of drug-likeness (QED) is 0.580. The van der Waals surface area contributed by atoms with E-state index in [-0.39, 0.29) is 5.82 Å². The molecule has 0 aliphatic carbocycles. The van der Waals surface area contributed by atoms with Crippen LogP contribution in [0.2, 0.25) is 0 Å². The Kier molecular flexibility index (Phi) is 4.23. The van der Waals surface area contributed by atoms with E-state index in [4.69, 9.17) is 4.74 Å². The van der Waals surface area contributed by atoms with Crippen molar-refractivity contribution in [1.29, 1.82) is 0 Å². The zero-order chi connectivity index (χ0) is 12.1. The summed E-state index contributed by atoms with van der Waals surface area (Å²) in [5.74, 6) is -0.730. The lowest BCUT2D eigenvalue weighted by atomic mass is 10.0. The molecule has 0 heterocycles. The topological polar surface area (TPSA) is 26.3 Å². The lowest BCUT2D eigenvalue weighted by Gasteiger charge is -2.08. The Balaban J connectivity index is 3.09. The van der Waals surface area contributed by atoms with Crippen LogP contribution in [0.3, 0.4) is 0 Å². The lowest BCUT2D eigenvalue weighted by molar-refractivity contribution is -0.138. The minimum absolute atomic E-state index is 0.320. The molecule has 1 rings (SSSR count). The van der Waals surface area contributed by atoms with Gasteiger partial charge in [0.2, 0.25) is 0 Å². The molecule has 0 spiro atoms. The third kappa shape index (κ3) is 2.69. The molecule has 2 nitrogen and oxygen atoms in total. The first kappa shape index (κ1) is 12.4. The highest BCUT2D eigenvalue weighted by atomic mass is 19.1. The van der Waals surface area contributed by atoms with Gasteiger partial charge in [-0.05, 0) is 32.4 Å². The summed E-state index contributed by atoms with van der Waals surface area (Å²) in [6.45, 7) is 5.41. The summed E-state index contributed by atoms with van der Waals surface area (Å²) in [5.41, 5.74) is 1.48. The molecule has 3 heteroatoms. The molecule has 0 atom stereocenters. The highest BCUT2D eigenvalue weighted by Crippen LogP contribution is 2.21. The van der Waals surface area contributed by atoms with Gasteiger partial charge in [-0.3, -0.25) is 0 Å². The van der Waals surface area contributed by atoms with Crippen molar-refractivity contribution in [2.75, 3.05) is 6.61 Å². The molecule has 16 heavy (non-hydrogen) atoms. The molecular weight excluding hydrogens is 207 g/mol. The van der Waals surface area contributed by atoms with Crippen LogP contribution in [0.1, 0.15) is 26.3 Å². The van der Waals surface area contributed by atoms with Crippen LogP contribution in [0.25, 0.3) is 5.57 Å². The number of benzene rings is 1. The highest BCUT2D eigenvalue weighted by molar-refractivity contribution is 5.96. The predicted molar refractivity (Wildman–Crippen MR) is 61.3 cm³/mol. The molecule has 0 amide bonds. The zero-order valence-electron chi connectivity index (χ0n) is 9.71. The summed E-state index contributed by atoms with van der Waals surface area (Å²) in [4.78, 5) is 11.5. The average molecular weight is 222 g/mol. The standard InChI is InChI=1S/C13H15FO2/c1-4-16-13(15)10(3)9(2)11-7-5-6-8-12(11)14/h5-8H,4H2,1-3H3/b10-9+. The van der Waals surface area contributed by atoms with E-state index in [2.05, 4.69) is 0 Å². The summed E-state index contributed by atoms with van der Waals surface area (Å²) in [6.07, 6.45) is 0. The van der Waals surface area contributed by atoms with Crippen molar-refractivity contribution in [3.8, 4) is 0 Å². The maximum absolute atomic E-state index is 13.5. The van der Waals surface area contributed by atoms with Gasteiger partial charge in [0.1, 0.15) is 5.82 Å². The van der Waals surface area contributed by atoms with Crippen molar-refractivity contribution in [3.05, 3.63) is 41.2 Å². The van der Waals surface area contributed by atoms with Gasteiger partial charge < -0.3 is 4.74 Å². The third-order valence-electron chi connectivity index (χ3n) is 2.42. The van der Waals surface area contributed by atoms with E-state index in [1.807, 2.05) is 0 Å². The first-order chi connectivity index (χ1) is 7.57. The number of halogens is 1. The van der Waals surface area contributed by atoms with Crippen molar-refractivity contribution in [3.63, 3.8) is 0 Å². The molecular formula is C13H15FO2. The Labute approximate surface area is 94.7 Å². The molecule has 1 aromatic carbocycles. The van der Waals surface area contributed by atoms with Crippen LogP contribution in [0.15, 0.2) is 29.8 Å². The molecule has 86 valence electrons. The maximum atomic E-state index is 13.5. The molecule has 0 fully saturated rings. The number of carbonyl (C=O) groups is 1. The van der Waals surface area contributed by atoms with Gasteiger partial charge in [0, 0.05) is 11.1 Å². The smallest absolute Gasteiger partial charge is 0.333 e. The highest BCUT2D eigenvalue weighted by Gasteiger charge is 2.12. The van der Waals surface area contributed by atoms with E-state index in [0.29, 0.717) is 23.3 Å². The molecule has 0 radical (unpaired) electrons. The second-order valence-electron chi connectivity index (χ2n) is 3.45. The van der Waals surface area contributed by atoms with Crippen molar-refractivity contribution in [1.82, 2.24) is 0 Å². The number of rotatable bonds is 3. The van der Waals surface area contributed by atoms with Crippen LogP contribution in [0, 0.1) is 5.82 Å². The molecule has 0 bridgehead atoms. The zero-order valence-corrected chi connectivity index (χ0v) is 9.71. The van der Waals surface area contributed by atoms with Crippen LogP contribution in [0.4, 0.5) is 4.39 Å². The Morgan fingerprint density at radius 2 is 1.94 bits per heavy atom. The lowest BCUT2D eigenvalue weighted by Crippen LogP contribution is -2.07. The molecule has 0 saturated carbocycles. The fourth-order valence-electron chi connectivity index (χ4n) is 1.36. The number of hydrogen-bond acceptors (Lipinski definition) is 2. The van der Waals surface area contributed by atoms with Crippen LogP contribution < -0.4 is 0 Å². The Bertz CT molecular complexity index is 422. The second-order valence-corrected chi connectivity index (χ2v) is 3.45. The summed E-state index contributed by atoms with van der Waals surface area (Å²) in [5, 5.41) is 0. The van der Waals surface area contributed by atoms with Gasteiger partial charge in [-0.2, -0.15) is 0 Å². The maximum Gasteiger partial charge on any atom is 0.333 e. The Morgan fingerprint density at radius 1 is 1.31 bits per heavy atom. The minimum Gasteiger partial charge on any atom is -0.463 e. The Morgan fingerprint density at radius 3 is 2.50 bits per heavy atom. The van der Waals surface area contributed by atoms with Gasteiger partial charge in [0.15, 0.2) is 0 Å². The molecule has 0 aliphatic rings. The largest absolute Gasteiger partial charge is 0.463 e. The van der Waals surface area contributed by atoms with Crippen LogP contribution in [0.5, 0.6) is 0 Å². The SMILES string of the molecule is CCOC(=O)/C(C)=C(\C)c1ccccc1F. The van der Waals surface area contributed by atoms with Crippen LogP contribution >= 0.6 is 0 Å². The van der Waals surface area contributed by atoms with E-state index < -0.39 is 5.97 Å². The molecule has 0 saturated heterocycles. The molecule has 1 aromatic rings. The van der Waals surface area contributed by atoms with Crippen LogP contribution in [-0.2, 0) is 9.53 Å². The van der Waals surface area contributed by atoms with E-state index >= 15 is 0 Å². The minimum atomic E-state index is -0.400. The molecule has 0 N–H and O–H groups in total. The van der Waals surface area contributed by atoms with Crippen LogP contribution in [-0.4, -0.2) is 12.6 Å². The van der Waals surface area contributed by atoms with Crippen molar-refractivity contribution >= 4 is 11.5 Å². The fraction of sp³-hybridized carbons (Fsp3) is 0.308. The fourth-order valence-corrected chi connectivity index (χ4v) is 1.36. The van der Waals surface area contributed by atoms with E-state index in [1.165, 1.54) is 6.07 Å². The number of allylic oxidation sites excluding steroid dienone is 1. The van der Waals surface area contributed by atoms with Crippen molar-refractivity contribution in [2.45, 2.75) is 20.8 Å². The number of carbonyl (C=O) groups excluding carboxylic acids is 1. The van der Waals surface area contributed by atoms with Gasteiger partial charge in [0.05, 0.1) is 6.61 Å². The van der Waals surface area contributed by atoms with Crippen molar-refractivity contribution < 1.29 is 13.9 Å². The average Bonchev–Trinajstić information content (AvgIpc) is 2.28. The van der Waals surface area contributed by atoms with Gasteiger partial charge in [-0.15, -0.1) is 0 Å². The summed E-state index contributed by atoms with van der Waals surface area (Å²) in [7, 11) is 0. The predicted octanol–water partition coefficient (Wildman–Crippen LogP) is 3.18. The van der Waals surface area contributed by atoms with Gasteiger partial charge in [-0.25, -0.2) is 9.18 Å². The molecule has 0 aromatic heterocycles. The number of ether oxygens (including phenoxy) is 1. The third-order valence-corrected chi connectivity index (χ3v) is 2.42. The molecule has 0 unspecified atom stereocenters. The monoisotopic (exact) mass is 222 g/mol. The van der Waals surface area contributed by atoms with Gasteiger partial charge in [-0.1, -0.05) is 18.2 Å². The summed E-state index contributed by atoms with van der Waals surface area (Å²) < 4.78 is 18.3.